The van der Waals surface area contributed by atoms with E-state index in [2.05, 4.69) is 10.2 Å². The third-order valence-corrected chi connectivity index (χ3v) is 3.91. The molecule has 0 aliphatic heterocycles. The van der Waals surface area contributed by atoms with E-state index in [1.165, 1.54) is 19.2 Å². The van der Waals surface area contributed by atoms with Crippen LogP contribution in [0.5, 0.6) is 5.75 Å². The molecule has 0 aliphatic rings. The number of sulfone groups is 1. The number of hydrogen-bond donors (Lipinski definition) is 1. The second-order valence-corrected chi connectivity index (χ2v) is 6.34. The molecule has 0 aliphatic carbocycles. The van der Waals surface area contributed by atoms with Gasteiger partial charge in [0.2, 0.25) is 0 Å². The molecule has 0 fully saturated rings. The van der Waals surface area contributed by atoms with Crippen LogP contribution in [0.4, 0.5) is 0 Å². The van der Waals surface area contributed by atoms with Crippen molar-refractivity contribution in [3.8, 4) is 5.75 Å². The molecule has 2 aromatic rings. The molecule has 21 heavy (non-hydrogen) atoms. The number of hydrogen-bond acceptors (Lipinski definition) is 5. The Labute approximate surface area is 122 Å². The molecule has 110 valence electrons. The molecule has 1 aromatic carbocycles. The Hall–Kier alpha value is -2.41. The summed E-state index contributed by atoms with van der Waals surface area (Å²) in [6.07, 6.45) is 4.38. The van der Waals surface area contributed by atoms with Gasteiger partial charge in [0, 0.05) is 12.3 Å². The van der Waals surface area contributed by atoms with Gasteiger partial charge in [-0.1, -0.05) is 6.08 Å². The quantitative estimate of drug-likeness (QED) is 0.921. The first-order valence-corrected chi connectivity index (χ1v) is 7.91. The topological polar surface area (TPSA) is 89.1 Å². The van der Waals surface area contributed by atoms with Crippen LogP contribution in [0, 0.1) is 0 Å². The van der Waals surface area contributed by atoms with Crippen molar-refractivity contribution in [3.05, 3.63) is 51.9 Å². The SMILES string of the molecule is COc1ccc(/C=C/c2ccc(=O)[nH]n2)c(S(C)(=O)=O)c1. The molecule has 0 amide bonds. The highest BCUT2D eigenvalue weighted by atomic mass is 32.2. The van der Waals surface area contributed by atoms with Crippen molar-refractivity contribution in [2.24, 2.45) is 0 Å². The van der Waals surface area contributed by atoms with Gasteiger partial charge in [-0.2, -0.15) is 5.10 Å². The monoisotopic (exact) mass is 306 g/mol. The largest absolute Gasteiger partial charge is 0.497 e. The molecule has 0 unspecified atom stereocenters. The van der Waals surface area contributed by atoms with Crippen molar-refractivity contribution in [2.75, 3.05) is 13.4 Å². The van der Waals surface area contributed by atoms with Crippen molar-refractivity contribution in [3.63, 3.8) is 0 Å². The molecule has 2 rings (SSSR count). The number of nitrogens with zero attached hydrogens (tertiary/aromatic N) is 1. The van der Waals surface area contributed by atoms with Crippen LogP contribution >= 0.6 is 0 Å². The van der Waals surface area contributed by atoms with Gasteiger partial charge in [0.1, 0.15) is 5.75 Å². The second kappa shape index (κ2) is 5.92. The molecular formula is C14H14N2O4S. The van der Waals surface area contributed by atoms with Crippen LogP contribution in [-0.2, 0) is 9.84 Å². The molecule has 6 nitrogen and oxygen atoms in total. The summed E-state index contributed by atoms with van der Waals surface area (Å²) in [5.41, 5.74) is 0.740. The van der Waals surface area contributed by atoms with Gasteiger partial charge in [0.05, 0.1) is 17.7 Å². The van der Waals surface area contributed by atoms with E-state index in [0.29, 0.717) is 17.0 Å². The van der Waals surface area contributed by atoms with Gasteiger partial charge in [-0.15, -0.1) is 0 Å². The van der Waals surface area contributed by atoms with Crippen molar-refractivity contribution in [1.82, 2.24) is 10.2 Å². The third-order valence-electron chi connectivity index (χ3n) is 2.75. The normalized spacial score (nSPS) is 11.7. The van der Waals surface area contributed by atoms with Gasteiger partial charge in [0.15, 0.2) is 9.84 Å². The lowest BCUT2D eigenvalue weighted by Crippen LogP contribution is -2.05. The summed E-state index contributed by atoms with van der Waals surface area (Å²) >= 11 is 0. The maximum Gasteiger partial charge on any atom is 0.264 e. The van der Waals surface area contributed by atoms with Gasteiger partial charge in [-0.25, -0.2) is 13.5 Å². The van der Waals surface area contributed by atoms with Crippen LogP contribution in [0.2, 0.25) is 0 Å². The predicted octanol–water partition coefficient (Wildman–Crippen LogP) is 1.35. The lowest BCUT2D eigenvalue weighted by molar-refractivity contribution is 0.413. The van der Waals surface area contributed by atoms with E-state index in [-0.39, 0.29) is 10.5 Å². The van der Waals surface area contributed by atoms with E-state index in [1.54, 1.807) is 30.4 Å². The minimum absolute atomic E-state index is 0.169. The maximum absolute atomic E-state index is 11.8. The van der Waals surface area contributed by atoms with Crippen LogP contribution in [0.15, 0.2) is 40.0 Å². The van der Waals surface area contributed by atoms with Gasteiger partial charge in [-0.05, 0) is 35.9 Å². The molecule has 0 atom stereocenters. The van der Waals surface area contributed by atoms with E-state index in [9.17, 15) is 13.2 Å². The molecule has 0 radical (unpaired) electrons. The fourth-order valence-electron chi connectivity index (χ4n) is 1.72. The van der Waals surface area contributed by atoms with Crippen molar-refractivity contribution in [2.45, 2.75) is 4.90 Å². The second-order valence-electron chi connectivity index (χ2n) is 4.36. The fourth-order valence-corrected chi connectivity index (χ4v) is 2.62. The zero-order valence-corrected chi connectivity index (χ0v) is 12.3. The van der Waals surface area contributed by atoms with Crippen LogP contribution in [0.1, 0.15) is 11.3 Å². The first-order valence-electron chi connectivity index (χ1n) is 6.02. The highest BCUT2D eigenvalue weighted by molar-refractivity contribution is 7.90. The molecule has 1 heterocycles. The molecule has 1 aromatic heterocycles. The minimum atomic E-state index is -3.39. The van der Waals surface area contributed by atoms with E-state index in [1.807, 2.05) is 0 Å². The minimum Gasteiger partial charge on any atom is -0.497 e. The van der Waals surface area contributed by atoms with Gasteiger partial charge in [0.25, 0.3) is 5.56 Å². The van der Waals surface area contributed by atoms with Crippen LogP contribution < -0.4 is 10.3 Å². The number of H-pyrrole nitrogens is 1. The summed E-state index contributed by atoms with van der Waals surface area (Å²) in [4.78, 5) is 11.1. The lowest BCUT2D eigenvalue weighted by atomic mass is 10.2. The van der Waals surface area contributed by atoms with Gasteiger partial charge < -0.3 is 4.74 Å². The Morgan fingerprint density at radius 3 is 2.52 bits per heavy atom. The molecule has 0 spiro atoms. The van der Waals surface area contributed by atoms with E-state index >= 15 is 0 Å². The van der Waals surface area contributed by atoms with Crippen molar-refractivity contribution < 1.29 is 13.2 Å². The van der Waals surface area contributed by atoms with Crippen LogP contribution in [0.3, 0.4) is 0 Å². The Kier molecular flexibility index (Phi) is 4.23. The van der Waals surface area contributed by atoms with E-state index < -0.39 is 9.84 Å². The summed E-state index contributed by atoms with van der Waals surface area (Å²) in [5.74, 6) is 0.467. The van der Waals surface area contributed by atoms with Gasteiger partial charge >= 0.3 is 0 Å². The summed E-state index contributed by atoms with van der Waals surface area (Å²) in [6.45, 7) is 0. The van der Waals surface area contributed by atoms with Crippen LogP contribution in [0.25, 0.3) is 12.2 Å². The Bertz CT molecular complexity index is 818. The first kappa shape index (κ1) is 15.0. The fraction of sp³-hybridized carbons (Fsp3) is 0.143. The van der Waals surface area contributed by atoms with Crippen LogP contribution in [-0.4, -0.2) is 32.0 Å². The molecule has 0 bridgehead atoms. The standard InChI is InChI=1S/C14H14N2O4S/c1-20-12-7-4-10(13(9-12)21(2,18)19)3-5-11-6-8-14(17)16-15-11/h3-9H,1-2H3,(H,16,17)/b5-3+. The molecule has 7 heteroatoms. The molecular weight excluding hydrogens is 292 g/mol. The zero-order chi connectivity index (χ0) is 15.5. The van der Waals surface area contributed by atoms with Crippen molar-refractivity contribution in [1.29, 1.82) is 0 Å². The Morgan fingerprint density at radius 1 is 1.19 bits per heavy atom. The summed E-state index contributed by atoms with van der Waals surface area (Å²) in [7, 11) is -1.91. The first-order chi connectivity index (χ1) is 9.90. The highest BCUT2D eigenvalue weighted by Gasteiger charge is 2.12. The summed E-state index contributed by atoms with van der Waals surface area (Å²) < 4.78 is 28.7. The summed E-state index contributed by atoms with van der Waals surface area (Å²) in [6, 6.07) is 7.68. The Balaban J connectivity index is 2.44. The Morgan fingerprint density at radius 2 is 1.95 bits per heavy atom. The lowest BCUT2D eigenvalue weighted by Gasteiger charge is -2.06. The molecule has 1 N–H and O–H groups in total. The average molecular weight is 306 g/mol. The smallest absolute Gasteiger partial charge is 0.264 e. The summed E-state index contributed by atoms with van der Waals surface area (Å²) in [5, 5.41) is 6.12. The third kappa shape index (κ3) is 3.79. The zero-order valence-electron chi connectivity index (χ0n) is 11.5. The number of nitrogens with one attached hydrogen (secondary N) is 1. The number of aromatic nitrogens is 2. The highest BCUT2D eigenvalue weighted by Crippen LogP contribution is 2.23. The number of benzene rings is 1. The number of aromatic amines is 1. The predicted molar refractivity (Wildman–Crippen MR) is 79.9 cm³/mol. The van der Waals surface area contributed by atoms with E-state index in [0.717, 1.165) is 6.26 Å². The molecule has 0 saturated heterocycles. The van der Waals surface area contributed by atoms with E-state index in [4.69, 9.17) is 4.74 Å². The number of methoxy groups -OCH3 is 1. The van der Waals surface area contributed by atoms with Crippen molar-refractivity contribution >= 4 is 22.0 Å². The number of ether oxygens (including phenoxy) is 1. The maximum atomic E-state index is 11.8. The average Bonchev–Trinajstić information content (AvgIpc) is 2.45. The molecule has 0 saturated carbocycles. The van der Waals surface area contributed by atoms with Gasteiger partial charge in [-0.3, -0.25) is 4.79 Å². The number of rotatable bonds is 4.